The molecule has 0 aliphatic rings. The van der Waals surface area contributed by atoms with E-state index in [9.17, 15) is 4.79 Å². The smallest absolute Gasteiger partial charge is 0.265 e. The van der Waals surface area contributed by atoms with Crippen LogP contribution in [0.15, 0.2) is 35.0 Å². The molecule has 0 bridgehead atoms. The van der Waals surface area contributed by atoms with Crippen molar-refractivity contribution < 1.29 is 14.1 Å². The predicted molar refractivity (Wildman–Crippen MR) is 81.2 cm³/mol. The number of nitrogens with zero attached hydrogens (tertiary/aromatic N) is 4. The molecule has 0 spiro atoms. The van der Waals surface area contributed by atoms with Crippen molar-refractivity contribution in [3.05, 3.63) is 52.6 Å². The van der Waals surface area contributed by atoms with Crippen LogP contribution < -0.4 is 10.1 Å². The van der Waals surface area contributed by atoms with Crippen LogP contribution in [0.25, 0.3) is 0 Å². The standard InChI is InChI=1S/C14H13N5O3S/c1-8-16-13(18-22-8)12(9-5-3-4-6-10(9)21-2)17-14(20)11-7-15-19-23-11/h3-7,12H,1-2H3,(H,17,20). The number of hydrogen-bond acceptors (Lipinski definition) is 8. The van der Waals surface area contributed by atoms with Gasteiger partial charge in [-0.1, -0.05) is 27.8 Å². The maximum Gasteiger partial charge on any atom is 0.265 e. The molecule has 9 heteroatoms. The van der Waals surface area contributed by atoms with Crippen LogP contribution in [0.5, 0.6) is 5.75 Å². The topological polar surface area (TPSA) is 103 Å². The minimum Gasteiger partial charge on any atom is -0.496 e. The number of nitrogens with one attached hydrogen (secondary N) is 1. The van der Waals surface area contributed by atoms with E-state index in [1.165, 1.54) is 6.20 Å². The molecule has 23 heavy (non-hydrogen) atoms. The molecule has 8 nitrogen and oxygen atoms in total. The summed E-state index contributed by atoms with van der Waals surface area (Å²) in [5, 5.41) is 10.5. The molecule has 118 valence electrons. The molecular formula is C14H13N5O3S. The fourth-order valence-electron chi connectivity index (χ4n) is 2.09. The average Bonchev–Trinajstić information content (AvgIpc) is 3.24. The van der Waals surface area contributed by atoms with Crippen LogP contribution in [0.4, 0.5) is 0 Å². The van der Waals surface area contributed by atoms with Crippen LogP contribution in [-0.4, -0.2) is 32.7 Å². The Kier molecular flexibility index (Phi) is 4.29. The molecule has 2 heterocycles. The number of hydrogen-bond donors (Lipinski definition) is 1. The lowest BCUT2D eigenvalue weighted by atomic mass is 10.0. The van der Waals surface area contributed by atoms with E-state index in [2.05, 4.69) is 25.0 Å². The number of benzene rings is 1. The molecule has 1 unspecified atom stereocenters. The van der Waals surface area contributed by atoms with Crippen molar-refractivity contribution in [3.8, 4) is 5.75 Å². The molecule has 3 aromatic rings. The number of para-hydroxylation sites is 1. The first-order chi connectivity index (χ1) is 11.2. The Balaban J connectivity index is 1.99. The van der Waals surface area contributed by atoms with Gasteiger partial charge in [-0.15, -0.1) is 5.10 Å². The highest BCUT2D eigenvalue weighted by Crippen LogP contribution is 2.28. The number of aromatic nitrogens is 4. The summed E-state index contributed by atoms with van der Waals surface area (Å²) in [6.45, 7) is 1.69. The van der Waals surface area contributed by atoms with Crippen LogP contribution in [0.3, 0.4) is 0 Å². The molecule has 0 fully saturated rings. The third-order valence-corrected chi connectivity index (χ3v) is 3.78. The summed E-state index contributed by atoms with van der Waals surface area (Å²) in [6.07, 6.45) is 1.40. The Hall–Kier alpha value is -2.81. The predicted octanol–water partition coefficient (Wildman–Crippen LogP) is 1.76. The zero-order valence-electron chi connectivity index (χ0n) is 12.4. The van der Waals surface area contributed by atoms with Gasteiger partial charge in [0.25, 0.3) is 5.91 Å². The van der Waals surface area contributed by atoms with E-state index in [1.807, 2.05) is 18.2 Å². The van der Waals surface area contributed by atoms with E-state index in [-0.39, 0.29) is 5.91 Å². The van der Waals surface area contributed by atoms with E-state index in [0.717, 1.165) is 17.1 Å². The number of ether oxygens (including phenoxy) is 1. The lowest BCUT2D eigenvalue weighted by Gasteiger charge is -2.17. The molecule has 3 rings (SSSR count). The summed E-state index contributed by atoms with van der Waals surface area (Å²) >= 11 is 1.01. The van der Waals surface area contributed by atoms with Crippen molar-refractivity contribution in [2.45, 2.75) is 13.0 Å². The molecule has 0 saturated carbocycles. The Labute approximate surface area is 135 Å². The highest BCUT2D eigenvalue weighted by molar-refractivity contribution is 7.07. The van der Waals surface area contributed by atoms with Gasteiger partial charge in [0, 0.05) is 12.5 Å². The molecular weight excluding hydrogens is 318 g/mol. The lowest BCUT2D eigenvalue weighted by molar-refractivity contribution is 0.0944. The molecule has 0 aliphatic heterocycles. The Morgan fingerprint density at radius 2 is 2.22 bits per heavy atom. The Morgan fingerprint density at radius 1 is 1.39 bits per heavy atom. The van der Waals surface area contributed by atoms with E-state index < -0.39 is 6.04 Å². The fraction of sp³-hybridized carbons (Fsp3) is 0.214. The Bertz CT molecular complexity index is 802. The summed E-state index contributed by atoms with van der Waals surface area (Å²) in [7, 11) is 1.56. The van der Waals surface area contributed by atoms with Crippen LogP contribution in [0.2, 0.25) is 0 Å². The summed E-state index contributed by atoms with van der Waals surface area (Å²) in [5.74, 6) is 1.05. The van der Waals surface area contributed by atoms with Crippen LogP contribution in [0, 0.1) is 6.92 Å². The van der Waals surface area contributed by atoms with Gasteiger partial charge in [0.15, 0.2) is 5.82 Å². The SMILES string of the molecule is COc1ccccc1C(NC(=O)c1cnns1)c1noc(C)n1. The van der Waals surface area contributed by atoms with Gasteiger partial charge in [-0.25, -0.2) is 0 Å². The quantitative estimate of drug-likeness (QED) is 0.759. The molecule has 0 radical (unpaired) electrons. The zero-order valence-corrected chi connectivity index (χ0v) is 13.2. The maximum absolute atomic E-state index is 12.4. The molecule has 1 N–H and O–H groups in total. The monoisotopic (exact) mass is 331 g/mol. The van der Waals surface area contributed by atoms with Gasteiger partial charge in [0.2, 0.25) is 5.89 Å². The fourth-order valence-corrected chi connectivity index (χ4v) is 2.51. The third kappa shape index (κ3) is 3.19. The van der Waals surface area contributed by atoms with Crippen LogP contribution in [-0.2, 0) is 0 Å². The number of methoxy groups -OCH3 is 1. The summed E-state index contributed by atoms with van der Waals surface area (Å²) in [4.78, 5) is 17.0. The molecule has 1 atom stereocenters. The van der Waals surface area contributed by atoms with Crippen LogP contribution in [0.1, 0.15) is 33.0 Å². The van der Waals surface area contributed by atoms with Gasteiger partial charge < -0.3 is 14.6 Å². The minimum atomic E-state index is -0.613. The minimum absolute atomic E-state index is 0.321. The van der Waals surface area contributed by atoms with E-state index in [4.69, 9.17) is 9.26 Å². The first-order valence-electron chi connectivity index (χ1n) is 6.70. The van der Waals surface area contributed by atoms with Crippen molar-refractivity contribution in [3.63, 3.8) is 0 Å². The second kappa shape index (κ2) is 6.53. The van der Waals surface area contributed by atoms with Gasteiger partial charge in [0.1, 0.15) is 16.7 Å². The number of carbonyl (C=O) groups is 1. The summed E-state index contributed by atoms with van der Waals surface area (Å²) in [5.41, 5.74) is 0.724. The second-order valence-corrected chi connectivity index (χ2v) is 5.39. The molecule has 0 saturated heterocycles. The van der Waals surface area contributed by atoms with Gasteiger partial charge in [-0.2, -0.15) is 4.98 Å². The van der Waals surface area contributed by atoms with Gasteiger partial charge >= 0.3 is 0 Å². The molecule has 2 aromatic heterocycles. The lowest BCUT2D eigenvalue weighted by Crippen LogP contribution is -2.30. The molecule has 1 amide bonds. The van der Waals surface area contributed by atoms with Gasteiger partial charge in [-0.05, 0) is 17.6 Å². The van der Waals surface area contributed by atoms with E-state index >= 15 is 0 Å². The highest BCUT2D eigenvalue weighted by Gasteiger charge is 2.26. The van der Waals surface area contributed by atoms with Gasteiger partial charge in [0.05, 0.1) is 13.3 Å². The zero-order chi connectivity index (χ0) is 16.2. The van der Waals surface area contributed by atoms with Crippen molar-refractivity contribution in [1.29, 1.82) is 0 Å². The highest BCUT2D eigenvalue weighted by atomic mass is 32.1. The first kappa shape index (κ1) is 15.1. The van der Waals surface area contributed by atoms with Crippen LogP contribution >= 0.6 is 11.5 Å². The van der Waals surface area contributed by atoms with Crippen molar-refractivity contribution in [2.75, 3.05) is 7.11 Å². The molecule has 1 aromatic carbocycles. The number of amides is 1. The Morgan fingerprint density at radius 3 is 2.87 bits per heavy atom. The first-order valence-corrected chi connectivity index (χ1v) is 7.47. The number of aryl methyl sites for hydroxylation is 1. The number of carbonyl (C=O) groups excluding carboxylic acids is 1. The van der Waals surface area contributed by atoms with Crippen molar-refractivity contribution in [1.82, 2.24) is 25.0 Å². The van der Waals surface area contributed by atoms with E-state index in [0.29, 0.717) is 22.3 Å². The van der Waals surface area contributed by atoms with E-state index in [1.54, 1.807) is 20.1 Å². The average molecular weight is 331 g/mol. The second-order valence-electron chi connectivity index (χ2n) is 4.60. The number of rotatable bonds is 5. The third-order valence-electron chi connectivity index (χ3n) is 3.11. The molecule has 0 aliphatic carbocycles. The van der Waals surface area contributed by atoms with Crippen molar-refractivity contribution in [2.24, 2.45) is 0 Å². The maximum atomic E-state index is 12.4. The van der Waals surface area contributed by atoms with Gasteiger partial charge in [-0.3, -0.25) is 4.79 Å². The largest absolute Gasteiger partial charge is 0.496 e. The normalized spacial score (nSPS) is 11.9. The summed E-state index contributed by atoms with van der Waals surface area (Å²) < 4.78 is 14.1. The summed E-state index contributed by atoms with van der Waals surface area (Å²) in [6, 6.07) is 6.71. The van der Waals surface area contributed by atoms with Crippen molar-refractivity contribution >= 4 is 17.4 Å².